The molecule has 3 N–H and O–H groups in total. The van der Waals surface area contributed by atoms with Crippen molar-refractivity contribution >= 4 is 40.2 Å². The number of esters is 1. The van der Waals surface area contributed by atoms with Gasteiger partial charge in [-0.3, -0.25) is 19.2 Å². The molecule has 0 radical (unpaired) electrons. The number of aromatic nitrogens is 1. The molecule has 3 rings (SSSR count). The molecule has 134 valence electrons. The van der Waals surface area contributed by atoms with Gasteiger partial charge in [-0.2, -0.15) is 5.06 Å². The average Bonchev–Trinajstić information content (AvgIpc) is 3.21. The second-order valence-corrected chi connectivity index (χ2v) is 6.34. The van der Waals surface area contributed by atoms with E-state index in [2.05, 4.69) is 10.3 Å². The van der Waals surface area contributed by atoms with Crippen LogP contribution < -0.4 is 45.7 Å². The topological polar surface area (TPSA) is 164 Å². The molecule has 1 unspecified atom stereocenters. The number of ether oxygens (including phenoxy) is 1. The smallest absolute Gasteiger partial charge is 0.544 e. The Bertz CT molecular complexity index is 757. The number of hydroxylamine groups is 2. The van der Waals surface area contributed by atoms with Gasteiger partial charge in [0.05, 0.1) is 18.5 Å². The fraction of sp³-hybridized carbons (Fsp3) is 0.462. The number of aliphatic carboxylic acids is 1. The van der Waals surface area contributed by atoms with E-state index in [1.54, 1.807) is 5.38 Å². The second-order valence-electron chi connectivity index (χ2n) is 5.45. The van der Waals surface area contributed by atoms with E-state index in [0.717, 1.165) is 0 Å². The second kappa shape index (κ2) is 7.88. The van der Waals surface area contributed by atoms with Gasteiger partial charge >= 0.3 is 35.5 Å². The predicted octanol–water partition coefficient (Wildman–Crippen LogP) is -5.69. The molecule has 11 nitrogen and oxygen atoms in total. The zero-order valence-electron chi connectivity index (χ0n) is 13.7. The van der Waals surface area contributed by atoms with Crippen LogP contribution in [-0.2, 0) is 35.2 Å². The molecule has 0 saturated carbocycles. The van der Waals surface area contributed by atoms with Gasteiger partial charge in [0, 0.05) is 11.8 Å². The molecule has 3 heterocycles. The van der Waals surface area contributed by atoms with Crippen LogP contribution in [0, 0.1) is 0 Å². The van der Waals surface area contributed by atoms with Crippen molar-refractivity contribution in [2.24, 2.45) is 0 Å². The van der Waals surface area contributed by atoms with Crippen molar-refractivity contribution < 1.29 is 63.4 Å². The Morgan fingerprint density at radius 1 is 1.50 bits per heavy atom. The van der Waals surface area contributed by atoms with E-state index in [0.29, 0.717) is 15.9 Å². The first-order valence-electron chi connectivity index (χ1n) is 7.21. The SMILES string of the molecule is Nc1nc(CC(=O)N[C@H]2CON(C3(C(=O)[O-])CCC(=O)O3)C2=O)cs1.[Na+]. The predicted molar refractivity (Wildman–Crippen MR) is 78.0 cm³/mol. The standard InChI is InChI=1S/C13H14N4O7S.Na/c14-12-15-6(5-25-12)3-8(18)16-7-4-23-17(10(7)20)13(11(21)22)2-1-9(19)24-13;/h5,7H,1-4H2,(H2,14,15)(H,16,18)(H,21,22);/q;+1/p-1/t7-,13?;/m0./s1. The number of thiazole rings is 1. The molecule has 2 fully saturated rings. The van der Waals surface area contributed by atoms with Crippen LogP contribution >= 0.6 is 11.3 Å². The molecule has 0 aromatic carbocycles. The fourth-order valence-electron chi connectivity index (χ4n) is 2.56. The van der Waals surface area contributed by atoms with Crippen LogP contribution in [0.5, 0.6) is 0 Å². The van der Waals surface area contributed by atoms with E-state index in [1.165, 1.54) is 11.3 Å². The van der Waals surface area contributed by atoms with E-state index >= 15 is 0 Å². The number of cyclic esters (lactones) is 1. The number of amides is 2. The molecule has 26 heavy (non-hydrogen) atoms. The van der Waals surface area contributed by atoms with Gasteiger partial charge in [0.2, 0.25) is 5.91 Å². The Morgan fingerprint density at radius 3 is 2.77 bits per heavy atom. The largest absolute Gasteiger partial charge is 1.00 e. The first-order valence-corrected chi connectivity index (χ1v) is 8.09. The monoisotopic (exact) mass is 392 g/mol. The van der Waals surface area contributed by atoms with Crippen LogP contribution in [0.15, 0.2) is 5.38 Å². The number of nitrogens with one attached hydrogen (secondary N) is 1. The molecular formula is C13H13N4NaO7S. The molecule has 2 aliphatic heterocycles. The van der Waals surface area contributed by atoms with Crippen LogP contribution in [0.2, 0.25) is 0 Å². The van der Waals surface area contributed by atoms with Gasteiger partial charge in [0.1, 0.15) is 18.6 Å². The number of nitrogen functional groups attached to an aromatic ring is 1. The summed E-state index contributed by atoms with van der Waals surface area (Å²) in [5.41, 5.74) is 3.61. The molecule has 1 aromatic heterocycles. The van der Waals surface area contributed by atoms with Crippen LogP contribution in [0.1, 0.15) is 18.5 Å². The summed E-state index contributed by atoms with van der Waals surface area (Å²) in [4.78, 5) is 56.1. The van der Waals surface area contributed by atoms with Crippen LogP contribution in [-0.4, -0.2) is 52.2 Å². The number of carbonyl (C=O) groups is 4. The number of carboxylic acids is 1. The summed E-state index contributed by atoms with van der Waals surface area (Å²) in [6.07, 6.45) is -0.583. The van der Waals surface area contributed by atoms with Crippen LogP contribution in [0.4, 0.5) is 5.13 Å². The maximum Gasteiger partial charge on any atom is 1.00 e. The minimum absolute atomic E-state index is 0. The summed E-state index contributed by atoms with van der Waals surface area (Å²) in [6.45, 7) is -0.295. The third-order valence-electron chi connectivity index (χ3n) is 3.71. The summed E-state index contributed by atoms with van der Waals surface area (Å²) in [7, 11) is 0. The van der Waals surface area contributed by atoms with Gasteiger partial charge in [-0.25, -0.2) is 4.98 Å². The van der Waals surface area contributed by atoms with Gasteiger partial charge in [0.15, 0.2) is 5.13 Å². The number of carbonyl (C=O) groups excluding carboxylic acids is 4. The number of nitrogens with zero attached hydrogens (tertiary/aromatic N) is 2. The first kappa shape index (κ1) is 20.6. The van der Waals surface area contributed by atoms with Crippen molar-refractivity contribution in [2.75, 3.05) is 12.3 Å². The Labute approximate surface area is 173 Å². The quantitative estimate of drug-likeness (QED) is 0.367. The number of carboxylic acid groups (broad SMARTS) is 1. The zero-order valence-corrected chi connectivity index (χ0v) is 16.5. The molecular weight excluding hydrogens is 379 g/mol. The van der Waals surface area contributed by atoms with E-state index in [-0.39, 0.29) is 55.4 Å². The van der Waals surface area contributed by atoms with Crippen molar-refractivity contribution in [1.29, 1.82) is 0 Å². The Kier molecular flexibility index (Phi) is 6.24. The van der Waals surface area contributed by atoms with E-state index in [4.69, 9.17) is 15.3 Å². The molecule has 2 atom stereocenters. The normalized spacial score (nSPS) is 24.9. The molecule has 0 aliphatic carbocycles. The number of hydrogen-bond acceptors (Lipinski definition) is 10. The van der Waals surface area contributed by atoms with Crippen molar-refractivity contribution in [3.05, 3.63) is 11.1 Å². The summed E-state index contributed by atoms with van der Waals surface area (Å²) >= 11 is 1.18. The van der Waals surface area contributed by atoms with Crippen molar-refractivity contribution in [3.8, 4) is 0 Å². The number of rotatable bonds is 5. The van der Waals surface area contributed by atoms with E-state index in [9.17, 15) is 24.3 Å². The molecule has 0 spiro atoms. The Balaban J connectivity index is 0.00000243. The third kappa shape index (κ3) is 3.83. The molecule has 0 bridgehead atoms. The Morgan fingerprint density at radius 2 is 2.23 bits per heavy atom. The number of nitrogens with two attached hydrogens (primary N) is 1. The van der Waals surface area contributed by atoms with Gasteiger partial charge in [-0.1, -0.05) is 0 Å². The first-order chi connectivity index (χ1) is 11.8. The van der Waals surface area contributed by atoms with Gasteiger partial charge in [0.25, 0.3) is 11.6 Å². The summed E-state index contributed by atoms with van der Waals surface area (Å²) in [6, 6.07) is -1.11. The molecule has 2 saturated heterocycles. The van der Waals surface area contributed by atoms with E-state index in [1.807, 2.05) is 0 Å². The van der Waals surface area contributed by atoms with Crippen LogP contribution in [0.3, 0.4) is 0 Å². The molecule has 13 heteroatoms. The van der Waals surface area contributed by atoms with Gasteiger partial charge < -0.3 is 25.7 Å². The summed E-state index contributed by atoms with van der Waals surface area (Å²) in [5, 5.41) is 16.2. The summed E-state index contributed by atoms with van der Waals surface area (Å²) in [5.74, 6) is -3.91. The average molecular weight is 392 g/mol. The Hall–Kier alpha value is -1.73. The van der Waals surface area contributed by atoms with Gasteiger partial charge in [-0.05, 0) is 0 Å². The third-order valence-corrected chi connectivity index (χ3v) is 4.44. The van der Waals surface area contributed by atoms with Crippen molar-refractivity contribution in [2.45, 2.75) is 31.0 Å². The number of anilines is 1. The maximum absolute atomic E-state index is 12.4. The van der Waals surface area contributed by atoms with Gasteiger partial charge in [-0.15, -0.1) is 11.3 Å². The van der Waals surface area contributed by atoms with E-state index < -0.39 is 35.5 Å². The van der Waals surface area contributed by atoms with Crippen molar-refractivity contribution in [1.82, 2.24) is 15.4 Å². The molecule has 2 amide bonds. The molecule has 1 aromatic rings. The fourth-order valence-corrected chi connectivity index (χ4v) is 3.12. The van der Waals surface area contributed by atoms with Crippen LogP contribution in [0.25, 0.3) is 0 Å². The van der Waals surface area contributed by atoms with Crippen molar-refractivity contribution in [3.63, 3.8) is 0 Å². The minimum Gasteiger partial charge on any atom is -0.544 e. The maximum atomic E-state index is 12.4. The minimum atomic E-state index is -2.31. The zero-order chi connectivity index (χ0) is 18.2. The molecule has 2 aliphatic rings. The summed E-state index contributed by atoms with van der Waals surface area (Å²) < 4.78 is 4.76. The number of hydrogen-bond donors (Lipinski definition) is 2.